The van der Waals surface area contributed by atoms with Crippen LogP contribution in [0, 0.1) is 10.1 Å². The Hall–Kier alpha value is -3.83. The molecule has 1 N–H and O–H groups in total. The fourth-order valence-corrected chi connectivity index (χ4v) is 3.06. The summed E-state index contributed by atoms with van der Waals surface area (Å²) in [6.45, 7) is 1.02. The number of alkyl halides is 3. The maximum absolute atomic E-state index is 12.8. The third-order valence-corrected chi connectivity index (χ3v) is 4.57. The lowest BCUT2D eigenvalue weighted by atomic mass is 9.92. The van der Waals surface area contributed by atoms with Gasteiger partial charge in [-0.2, -0.15) is 0 Å². The molecule has 1 atom stereocenters. The summed E-state index contributed by atoms with van der Waals surface area (Å²) in [4.78, 5) is 36.4. The van der Waals surface area contributed by atoms with Crippen molar-refractivity contribution < 1.29 is 37.2 Å². The average molecular weight is 439 g/mol. The third-order valence-electron chi connectivity index (χ3n) is 4.57. The van der Waals surface area contributed by atoms with Crippen LogP contribution in [0.15, 0.2) is 48.5 Å². The van der Waals surface area contributed by atoms with Gasteiger partial charge in [-0.15, -0.1) is 13.2 Å². The van der Waals surface area contributed by atoms with E-state index in [1.165, 1.54) is 37.3 Å². The molecule has 1 unspecified atom stereocenters. The van der Waals surface area contributed by atoms with E-state index in [1.807, 2.05) is 0 Å². The zero-order valence-corrected chi connectivity index (χ0v) is 16.0. The molecule has 3 amide bonds. The Morgan fingerprint density at radius 1 is 1.13 bits per heavy atom. The molecular formula is C19H16F3N3O6. The van der Waals surface area contributed by atoms with Crippen LogP contribution in [0.2, 0.25) is 0 Å². The molecule has 1 aliphatic heterocycles. The predicted octanol–water partition coefficient (Wildman–Crippen LogP) is 3.34. The highest BCUT2D eigenvalue weighted by Crippen LogP contribution is 2.31. The second kappa shape index (κ2) is 8.13. The minimum atomic E-state index is -4.85. The van der Waals surface area contributed by atoms with Crippen molar-refractivity contribution in [2.75, 3.05) is 13.2 Å². The van der Waals surface area contributed by atoms with Gasteiger partial charge in [0.25, 0.3) is 5.91 Å². The first-order chi connectivity index (χ1) is 14.5. The van der Waals surface area contributed by atoms with Crippen LogP contribution in [-0.2, 0) is 10.3 Å². The Kier molecular flexibility index (Phi) is 5.73. The van der Waals surface area contributed by atoms with Crippen LogP contribution in [-0.4, -0.2) is 41.3 Å². The lowest BCUT2D eigenvalue weighted by Crippen LogP contribution is -2.41. The van der Waals surface area contributed by atoms with Crippen molar-refractivity contribution in [3.05, 3.63) is 64.2 Å². The first-order valence-corrected chi connectivity index (χ1v) is 8.88. The van der Waals surface area contributed by atoms with Crippen LogP contribution in [0.4, 0.5) is 23.7 Å². The van der Waals surface area contributed by atoms with Crippen molar-refractivity contribution >= 4 is 17.6 Å². The highest BCUT2D eigenvalue weighted by atomic mass is 19.4. The standard InChI is InChI=1S/C19H16F3N3O6/c1-18(12-6-8-13(9-7-12)31-19(20,21)22)16(26)24(17(27)23-18)10-11-30-15-5-3-2-4-14(15)25(28)29/h2-9H,10-11H2,1H3,(H,23,27). The van der Waals surface area contributed by atoms with Crippen molar-refractivity contribution in [1.82, 2.24) is 10.2 Å². The Labute approximate surface area is 173 Å². The summed E-state index contributed by atoms with van der Waals surface area (Å²) >= 11 is 0. The zero-order valence-electron chi connectivity index (χ0n) is 16.0. The number of nitro groups is 1. The summed E-state index contributed by atoms with van der Waals surface area (Å²) < 4.78 is 46.1. The molecule has 1 saturated heterocycles. The second-order valence-electron chi connectivity index (χ2n) is 6.66. The number of hydrogen-bond donors (Lipinski definition) is 1. The third kappa shape index (κ3) is 4.68. The van der Waals surface area contributed by atoms with Gasteiger partial charge < -0.3 is 14.8 Å². The molecule has 12 heteroatoms. The van der Waals surface area contributed by atoms with Crippen LogP contribution in [0.5, 0.6) is 11.5 Å². The molecule has 0 bridgehead atoms. The molecule has 1 aliphatic rings. The summed E-state index contributed by atoms with van der Waals surface area (Å²) in [5.74, 6) is -1.12. The van der Waals surface area contributed by atoms with E-state index in [-0.39, 0.29) is 30.2 Å². The van der Waals surface area contributed by atoms with E-state index >= 15 is 0 Å². The van der Waals surface area contributed by atoms with Gasteiger partial charge in [-0.1, -0.05) is 24.3 Å². The minimum Gasteiger partial charge on any atom is -0.485 e. The summed E-state index contributed by atoms with van der Waals surface area (Å²) in [7, 11) is 0. The Morgan fingerprint density at radius 3 is 2.39 bits per heavy atom. The Bertz CT molecular complexity index is 1010. The van der Waals surface area contributed by atoms with Crippen LogP contribution >= 0.6 is 0 Å². The molecule has 3 rings (SSSR count). The van der Waals surface area contributed by atoms with Gasteiger partial charge in [0, 0.05) is 6.07 Å². The van der Waals surface area contributed by atoms with E-state index in [9.17, 15) is 32.9 Å². The van der Waals surface area contributed by atoms with E-state index in [0.29, 0.717) is 0 Å². The fourth-order valence-electron chi connectivity index (χ4n) is 3.06. The highest BCUT2D eigenvalue weighted by Gasteiger charge is 2.48. The SMILES string of the molecule is CC1(c2ccc(OC(F)(F)F)cc2)NC(=O)N(CCOc2ccccc2[N+](=O)[O-])C1=O. The molecule has 1 fully saturated rings. The molecule has 2 aromatic carbocycles. The highest BCUT2D eigenvalue weighted by molar-refractivity contribution is 6.07. The summed E-state index contributed by atoms with van der Waals surface area (Å²) in [5.41, 5.74) is -1.51. The largest absolute Gasteiger partial charge is 0.573 e. The molecule has 2 aromatic rings. The monoisotopic (exact) mass is 439 g/mol. The predicted molar refractivity (Wildman–Crippen MR) is 99.3 cm³/mol. The van der Waals surface area contributed by atoms with E-state index in [4.69, 9.17) is 4.74 Å². The van der Waals surface area contributed by atoms with E-state index < -0.39 is 34.5 Å². The van der Waals surface area contributed by atoms with Gasteiger partial charge in [-0.05, 0) is 30.7 Å². The number of carbonyl (C=O) groups is 2. The summed E-state index contributed by atoms with van der Waals surface area (Å²) in [6, 6.07) is 9.48. The number of halogens is 3. The molecule has 31 heavy (non-hydrogen) atoms. The number of amides is 3. The summed E-state index contributed by atoms with van der Waals surface area (Å²) in [6.07, 6.45) is -4.85. The van der Waals surface area contributed by atoms with Crippen LogP contribution in [0.3, 0.4) is 0 Å². The van der Waals surface area contributed by atoms with Gasteiger partial charge in [0.2, 0.25) is 0 Å². The number of nitro benzene ring substituents is 1. The van der Waals surface area contributed by atoms with Crippen LogP contribution in [0.25, 0.3) is 0 Å². The van der Waals surface area contributed by atoms with Crippen molar-refractivity contribution in [1.29, 1.82) is 0 Å². The number of carbonyl (C=O) groups excluding carboxylic acids is 2. The van der Waals surface area contributed by atoms with Crippen LogP contribution in [0.1, 0.15) is 12.5 Å². The molecule has 0 radical (unpaired) electrons. The van der Waals surface area contributed by atoms with E-state index in [2.05, 4.69) is 10.1 Å². The van der Waals surface area contributed by atoms with Gasteiger partial charge in [-0.3, -0.25) is 19.8 Å². The molecular weight excluding hydrogens is 423 g/mol. The number of ether oxygens (including phenoxy) is 2. The number of benzene rings is 2. The number of urea groups is 1. The first-order valence-electron chi connectivity index (χ1n) is 8.88. The molecule has 1 heterocycles. The lowest BCUT2D eigenvalue weighted by molar-refractivity contribution is -0.385. The van der Waals surface area contributed by atoms with Crippen molar-refractivity contribution in [2.24, 2.45) is 0 Å². The molecule has 0 aromatic heterocycles. The number of rotatable bonds is 7. The molecule has 164 valence electrons. The zero-order chi connectivity index (χ0) is 22.8. The number of imide groups is 1. The molecule has 0 spiro atoms. The van der Waals surface area contributed by atoms with Crippen molar-refractivity contribution in [3.63, 3.8) is 0 Å². The van der Waals surface area contributed by atoms with E-state index in [1.54, 1.807) is 6.07 Å². The molecule has 0 aliphatic carbocycles. The summed E-state index contributed by atoms with van der Waals surface area (Å²) in [5, 5.41) is 13.5. The number of hydrogen-bond acceptors (Lipinski definition) is 6. The number of nitrogens with zero attached hydrogens (tertiary/aromatic N) is 2. The van der Waals surface area contributed by atoms with Crippen molar-refractivity contribution in [3.8, 4) is 11.5 Å². The Morgan fingerprint density at radius 2 is 1.77 bits per heavy atom. The van der Waals surface area contributed by atoms with Gasteiger partial charge in [0.1, 0.15) is 17.9 Å². The molecule has 0 saturated carbocycles. The second-order valence-corrected chi connectivity index (χ2v) is 6.66. The normalized spacial score (nSPS) is 18.6. The van der Waals surface area contributed by atoms with E-state index in [0.717, 1.165) is 17.0 Å². The fraction of sp³-hybridized carbons (Fsp3) is 0.263. The Balaban J connectivity index is 1.68. The topological polar surface area (TPSA) is 111 Å². The van der Waals surface area contributed by atoms with Crippen molar-refractivity contribution in [2.45, 2.75) is 18.8 Å². The smallest absolute Gasteiger partial charge is 0.485 e. The first kappa shape index (κ1) is 21.9. The molecule has 9 nitrogen and oxygen atoms in total. The van der Waals surface area contributed by atoms with Gasteiger partial charge in [0.05, 0.1) is 11.5 Å². The minimum absolute atomic E-state index is 0.0115. The number of para-hydroxylation sites is 2. The maximum atomic E-state index is 12.8. The van der Waals surface area contributed by atoms with Gasteiger partial charge in [-0.25, -0.2) is 4.79 Å². The van der Waals surface area contributed by atoms with Gasteiger partial charge >= 0.3 is 18.1 Å². The van der Waals surface area contributed by atoms with Gasteiger partial charge in [0.15, 0.2) is 5.75 Å². The lowest BCUT2D eigenvalue weighted by Gasteiger charge is -2.22. The number of nitrogens with one attached hydrogen (secondary N) is 1. The quantitative estimate of drug-likeness (QED) is 0.403. The average Bonchev–Trinajstić information content (AvgIpc) is 2.91. The van der Waals surface area contributed by atoms with Crippen LogP contribution < -0.4 is 14.8 Å². The maximum Gasteiger partial charge on any atom is 0.573 e.